The Balaban J connectivity index is 1.72. The molecule has 0 aliphatic carbocycles. The molecule has 0 saturated carbocycles. The minimum atomic E-state index is -2.84. The van der Waals surface area contributed by atoms with Crippen molar-refractivity contribution in [2.45, 2.75) is 20.2 Å². The lowest BCUT2D eigenvalue weighted by atomic mass is 10.0. The van der Waals surface area contributed by atoms with E-state index in [0.29, 0.717) is 5.52 Å². The topological polar surface area (TPSA) is 60.7 Å². The Morgan fingerprint density at radius 3 is 2.70 bits per heavy atom. The second-order valence-corrected chi connectivity index (χ2v) is 6.21. The van der Waals surface area contributed by atoms with Crippen molar-refractivity contribution in [3.63, 3.8) is 0 Å². The molecule has 4 rings (SSSR count). The fraction of sp³-hybridized carbons (Fsp3) is 0.182. The summed E-state index contributed by atoms with van der Waals surface area (Å²) in [7, 11) is 1.91. The zero-order chi connectivity index (χ0) is 24.9. The molecule has 0 saturated heterocycles. The van der Waals surface area contributed by atoms with Crippen LogP contribution >= 0.6 is 0 Å². The second-order valence-electron chi connectivity index (χ2n) is 6.21. The molecule has 0 atom stereocenters. The Labute approximate surface area is 167 Å². The summed E-state index contributed by atoms with van der Waals surface area (Å²) >= 11 is 0. The smallest absolute Gasteiger partial charge is 0.168 e. The number of rotatable bonds is 4. The predicted molar refractivity (Wildman–Crippen MR) is 106 cm³/mol. The van der Waals surface area contributed by atoms with Crippen molar-refractivity contribution in [3.8, 4) is 11.3 Å². The molecule has 0 N–H and O–H groups in total. The summed E-state index contributed by atoms with van der Waals surface area (Å²) in [6.07, 6.45) is 1.45. The van der Waals surface area contributed by atoms with Crippen LogP contribution in [0.2, 0.25) is 0 Å². The van der Waals surface area contributed by atoms with Gasteiger partial charge in [-0.15, -0.1) is 0 Å². The minimum absolute atomic E-state index is 0.285. The number of carbonyl (C=O) groups is 1. The zero-order valence-electron chi connectivity index (χ0n) is 21.8. The Morgan fingerprint density at radius 2 is 2.00 bits per heavy atom. The highest BCUT2D eigenvalue weighted by molar-refractivity contribution is 5.97. The molecule has 134 valence electrons. The lowest BCUT2D eigenvalue weighted by Crippen LogP contribution is -2.06. The quantitative estimate of drug-likeness (QED) is 0.513. The number of fused-ring (bicyclic) bond motifs is 1. The van der Waals surface area contributed by atoms with Crippen molar-refractivity contribution < 1.29 is 14.4 Å². The van der Waals surface area contributed by atoms with Gasteiger partial charge in [-0.05, 0) is 32.0 Å². The molecular weight excluding hydrogens is 336 g/mol. The standard InChI is InChI=1S/C22H20N4O/c1-14-4-6-16(7-5-14)22(27)12-19-11-18-10-17(8-9-20(18)25-24-19)21-13-23-15(2)26(21)3/h4-11,13H,12H2,1-3H3/i1D3,4D,5D,6D,7D. The first kappa shape index (κ1) is 10.7. The van der Waals surface area contributed by atoms with E-state index < -0.39 is 47.9 Å². The second kappa shape index (κ2) is 6.76. The number of aryl methyl sites for hydroxylation is 1. The Hall–Kier alpha value is -3.34. The van der Waals surface area contributed by atoms with Gasteiger partial charge in [0, 0.05) is 27.7 Å². The number of nitrogens with zero attached hydrogens (tertiary/aromatic N) is 4. The third-order valence-corrected chi connectivity index (χ3v) is 4.40. The summed E-state index contributed by atoms with van der Waals surface area (Å²) in [4.78, 5) is 17.3. The maximum Gasteiger partial charge on any atom is 0.168 e. The van der Waals surface area contributed by atoms with Gasteiger partial charge in [0.05, 0.1) is 35.0 Å². The fourth-order valence-electron chi connectivity index (χ4n) is 2.81. The molecule has 2 heterocycles. The first-order valence-electron chi connectivity index (χ1n) is 11.8. The van der Waals surface area contributed by atoms with E-state index in [1.807, 2.05) is 36.7 Å². The molecule has 0 spiro atoms. The average molecular weight is 363 g/mol. The zero-order valence-corrected chi connectivity index (χ0v) is 14.8. The maximum absolute atomic E-state index is 13.0. The van der Waals surface area contributed by atoms with E-state index in [1.54, 1.807) is 12.3 Å². The van der Waals surface area contributed by atoms with E-state index in [4.69, 9.17) is 9.60 Å². The van der Waals surface area contributed by atoms with Crippen molar-refractivity contribution in [2.75, 3.05) is 0 Å². The first-order chi connectivity index (χ1) is 15.9. The van der Waals surface area contributed by atoms with Gasteiger partial charge >= 0.3 is 0 Å². The monoisotopic (exact) mass is 363 g/mol. The van der Waals surface area contributed by atoms with Gasteiger partial charge in [0.25, 0.3) is 0 Å². The van der Waals surface area contributed by atoms with Gasteiger partial charge in [-0.2, -0.15) is 10.2 Å². The van der Waals surface area contributed by atoms with Gasteiger partial charge in [-0.1, -0.05) is 35.8 Å². The molecular formula is C22H20N4O. The van der Waals surface area contributed by atoms with Crippen LogP contribution in [0.1, 0.15) is 37.0 Å². The Morgan fingerprint density at radius 1 is 1.19 bits per heavy atom. The molecule has 4 aromatic rings. The van der Waals surface area contributed by atoms with Crippen LogP contribution in [0.25, 0.3) is 22.2 Å². The molecule has 0 unspecified atom stereocenters. The van der Waals surface area contributed by atoms with Crippen LogP contribution in [0.3, 0.4) is 0 Å². The molecule has 0 aliphatic heterocycles. The van der Waals surface area contributed by atoms with Crippen molar-refractivity contribution in [1.82, 2.24) is 19.7 Å². The van der Waals surface area contributed by atoms with Crippen molar-refractivity contribution in [2.24, 2.45) is 7.05 Å². The fourth-order valence-corrected chi connectivity index (χ4v) is 2.81. The third kappa shape index (κ3) is 3.36. The number of benzene rings is 2. The molecule has 0 aliphatic rings. The molecule has 27 heavy (non-hydrogen) atoms. The van der Waals surface area contributed by atoms with Crippen molar-refractivity contribution >= 4 is 16.7 Å². The van der Waals surface area contributed by atoms with E-state index in [1.165, 1.54) is 0 Å². The predicted octanol–water partition coefficient (Wildman–Crippen LogP) is 4.07. The first-order valence-corrected chi connectivity index (χ1v) is 8.29. The van der Waals surface area contributed by atoms with Crippen LogP contribution in [-0.4, -0.2) is 25.5 Å². The summed E-state index contributed by atoms with van der Waals surface area (Å²) in [5.41, 5.74) is 1.54. The number of aromatic nitrogens is 4. The molecule has 0 radical (unpaired) electrons. The molecule has 0 bridgehead atoms. The number of Topliss-reactive ketones (excluding diaryl/α,β-unsaturated/α-hetero) is 1. The van der Waals surface area contributed by atoms with Gasteiger partial charge in [-0.25, -0.2) is 4.98 Å². The largest absolute Gasteiger partial charge is 0.331 e. The average Bonchev–Trinajstić information content (AvgIpc) is 3.09. The van der Waals surface area contributed by atoms with E-state index >= 15 is 0 Å². The summed E-state index contributed by atoms with van der Waals surface area (Å²) in [6, 6.07) is 4.43. The molecule has 2 aromatic heterocycles. The van der Waals surface area contributed by atoms with Crippen molar-refractivity contribution in [3.05, 3.63) is 77.3 Å². The van der Waals surface area contributed by atoms with Crippen LogP contribution in [0, 0.1) is 13.8 Å². The van der Waals surface area contributed by atoms with Crippen molar-refractivity contribution in [1.29, 1.82) is 0 Å². The maximum atomic E-state index is 13.0. The molecule has 5 nitrogen and oxygen atoms in total. The summed E-state index contributed by atoms with van der Waals surface area (Å²) in [5.74, 6) is 0.153. The lowest BCUT2D eigenvalue weighted by molar-refractivity contribution is 0.0991. The summed E-state index contributed by atoms with van der Waals surface area (Å²) < 4.78 is 56.7. The van der Waals surface area contributed by atoms with E-state index in [-0.39, 0.29) is 12.1 Å². The van der Waals surface area contributed by atoms with E-state index in [2.05, 4.69) is 15.2 Å². The highest BCUT2D eigenvalue weighted by atomic mass is 16.1. The lowest BCUT2D eigenvalue weighted by Gasteiger charge is -2.06. The molecule has 5 heteroatoms. The normalized spacial score (nSPS) is 15.3. The van der Waals surface area contributed by atoms with Gasteiger partial charge in [-0.3, -0.25) is 4.79 Å². The molecule has 2 aromatic carbocycles. The highest BCUT2D eigenvalue weighted by Gasteiger charge is 2.11. The molecule has 0 amide bonds. The molecule has 0 fully saturated rings. The van der Waals surface area contributed by atoms with Crippen LogP contribution in [0.15, 0.2) is 54.6 Å². The number of imidazole rings is 1. The van der Waals surface area contributed by atoms with Gasteiger partial charge in [0.15, 0.2) is 5.78 Å². The number of ketones is 1. The Kier molecular flexibility index (Phi) is 2.68. The van der Waals surface area contributed by atoms with Gasteiger partial charge in [0.1, 0.15) is 5.82 Å². The number of hydrogen-bond acceptors (Lipinski definition) is 4. The Bertz CT molecular complexity index is 1430. The van der Waals surface area contributed by atoms with Gasteiger partial charge in [0.2, 0.25) is 0 Å². The number of carbonyl (C=O) groups excluding carboxylic acids is 1. The van der Waals surface area contributed by atoms with Gasteiger partial charge < -0.3 is 4.57 Å². The summed E-state index contributed by atoms with van der Waals surface area (Å²) in [5, 5.41) is 8.94. The van der Waals surface area contributed by atoms with Crippen LogP contribution in [-0.2, 0) is 13.5 Å². The van der Waals surface area contributed by atoms with Crippen LogP contribution in [0.5, 0.6) is 0 Å². The summed E-state index contributed by atoms with van der Waals surface area (Å²) in [6.45, 7) is -0.939. The minimum Gasteiger partial charge on any atom is -0.331 e. The SMILES string of the molecule is [2H]c1c([2H])c(C([2H])([2H])[2H])c([2H])c([2H])c1C(=O)Cc1cc2cc(-c3cnc(C)n3C)ccc2nn1. The third-order valence-electron chi connectivity index (χ3n) is 4.40. The van der Waals surface area contributed by atoms with E-state index in [0.717, 1.165) is 22.5 Å². The highest BCUT2D eigenvalue weighted by Crippen LogP contribution is 2.24. The van der Waals surface area contributed by atoms with Crippen LogP contribution < -0.4 is 0 Å². The van der Waals surface area contributed by atoms with E-state index in [9.17, 15) is 4.79 Å². The number of hydrogen-bond donors (Lipinski definition) is 0. The van der Waals surface area contributed by atoms with Crippen LogP contribution in [0.4, 0.5) is 0 Å².